The summed E-state index contributed by atoms with van der Waals surface area (Å²) < 4.78 is 37.1. The van der Waals surface area contributed by atoms with Crippen molar-refractivity contribution < 1.29 is 22.8 Å². The smallest absolute Gasteiger partial charge is 0.394 e. The van der Waals surface area contributed by atoms with Crippen LogP contribution in [0, 0.1) is 0 Å². The van der Waals surface area contributed by atoms with Crippen molar-refractivity contribution in [1.82, 2.24) is 4.90 Å². The van der Waals surface area contributed by atoms with E-state index in [0.29, 0.717) is 29.4 Å². The molecular weight excluding hydrogens is 441 g/mol. The number of benzene rings is 2. The van der Waals surface area contributed by atoms with E-state index in [9.17, 15) is 18.0 Å². The van der Waals surface area contributed by atoms with Crippen LogP contribution < -0.4 is 10.2 Å². The van der Waals surface area contributed by atoms with Gasteiger partial charge in [0.05, 0.1) is 12.0 Å². The molecule has 0 saturated carbocycles. The third-order valence-electron chi connectivity index (χ3n) is 4.68. The van der Waals surface area contributed by atoms with Crippen molar-refractivity contribution in [3.8, 4) is 0 Å². The highest BCUT2D eigenvalue weighted by molar-refractivity contribution is 8.00. The maximum Gasteiger partial charge on any atom is 0.484 e. The third kappa shape index (κ3) is 6.89. The minimum absolute atomic E-state index is 0.0244. The molecule has 0 aliphatic carbocycles. The Bertz CT molecular complexity index is 966. The monoisotopic (exact) mass is 466 g/mol. The molecule has 0 unspecified atom stereocenters. The standard InChI is InChI=1S/C13H17N3O2S.C9H8F3N/c1-16(2)3-4-18-14-8-10-5-11-7-12(6-10)19-9-13(17)15-11;10-9(11,12)13-6-5-7-3-1-2-4-8(7)13/h5-8H,3-4,9H2,1-2H3,(H,15,17);1-4H,5-6H2. The van der Waals surface area contributed by atoms with Gasteiger partial charge in [-0.3, -0.25) is 9.69 Å². The molecule has 0 aromatic heterocycles. The number of para-hydroxylation sites is 1. The van der Waals surface area contributed by atoms with Crippen LogP contribution in [0.25, 0.3) is 0 Å². The predicted molar refractivity (Wildman–Crippen MR) is 121 cm³/mol. The summed E-state index contributed by atoms with van der Waals surface area (Å²) in [6.45, 7) is 1.43. The number of anilines is 2. The van der Waals surface area contributed by atoms with Gasteiger partial charge >= 0.3 is 6.30 Å². The van der Waals surface area contributed by atoms with E-state index in [1.165, 1.54) is 17.8 Å². The van der Waals surface area contributed by atoms with Crippen molar-refractivity contribution in [2.24, 2.45) is 5.16 Å². The molecule has 2 heterocycles. The average Bonchev–Trinajstić information content (AvgIpc) is 3.12. The highest BCUT2D eigenvalue weighted by atomic mass is 32.2. The highest BCUT2D eigenvalue weighted by Crippen LogP contribution is 2.35. The third-order valence-corrected chi connectivity index (χ3v) is 5.66. The maximum absolute atomic E-state index is 12.4. The van der Waals surface area contributed by atoms with E-state index in [0.717, 1.165) is 28.3 Å². The zero-order chi connectivity index (χ0) is 23.1. The number of nitrogens with one attached hydrogen (secondary N) is 1. The summed E-state index contributed by atoms with van der Waals surface area (Å²) in [6, 6.07) is 12.5. The van der Waals surface area contributed by atoms with E-state index in [1.54, 1.807) is 24.4 Å². The zero-order valence-electron chi connectivity index (χ0n) is 17.9. The first-order valence-corrected chi connectivity index (χ1v) is 11.0. The van der Waals surface area contributed by atoms with Gasteiger partial charge < -0.3 is 15.1 Å². The number of amides is 1. The van der Waals surface area contributed by atoms with Crippen molar-refractivity contribution in [2.75, 3.05) is 49.8 Å². The Morgan fingerprint density at radius 1 is 1.25 bits per heavy atom. The van der Waals surface area contributed by atoms with Crippen molar-refractivity contribution in [1.29, 1.82) is 0 Å². The highest BCUT2D eigenvalue weighted by Gasteiger charge is 2.40. The topological polar surface area (TPSA) is 57.2 Å². The van der Waals surface area contributed by atoms with Gasteiger partial charge in [-0.05, 0) is 55.9 Å². The minimum atomic E-state index is -4.24. The van der Waals surface area contributed by atoms with Crippen LogP contribution in [0.5, 0.6) is 0 Å². The van der Waals surface area contributed by atoms with Crippen molar-refractivity contribution >= 4 is 35.3 Å². The number of halogens is 3. The van der Waals surface area contributed by atoms with E-state index >= 15 is 0 Å². The number of oxime groups is 1. The average molecular weight is 467 g/mol. The second-order valence-electron chi connectivity index (χ2n) is 7.50. The molecule has 10 heteroatoms. The summed E-state index contributed by atoms with van der Waals surface area (Å²) in [6.07, 6.45) is -2.09. The van der Waals surface area contributed by atoms with Gasteiger partial charge in [0.1, 0.15) is 6.61 Å². The molecule has 172 valence electrons. The lowest BCUT2D eigenvalue weighted by Gasteiger charge is -2.21. The van der Waals surface area contributed by atoms with Gasteiger partial charge in [0.2, 0.25) is 5.91 Å². The molecule has 0 spiro atoms. The van der Waals surface area contributed by atoms with E-state index in [-0.39, 0.29) is 12.5 Å². The number of carbonyl (C=O) groups excluding carboxylic acids is 1. The second-order valence-corrected chi connectivity index (χ2v) is 8.55. The molecule has 2 aliphatic heterocycles. The molecule has 2 aromatic carbocycles. The number of hydrogen-bond donors (Lipinski definition) is 1. The fraction of sp³-hybridized carbons (Fsp3) is 0.364. The number of thioether (sulfide) groups is 1. The number of likely N-dealkylation sites (N-methyl/N-ethyl adjacent to an activating group) is 1. The number of fused-ring (bicyclic) bond motifs is 3. The molecule has 0 saturated heterocycles. The second kappa shape index (κ2) is 10.7. The first-order chi connectivity index (χ1) is 15.2. The first kappa shape index (κ1) is 23.9. The van der Waals surface area contributed by atoms with Crippen LogP contribution in [-0.2, 0) is 16.1 Å². The van der Waals surface area contributed by atoms with Gasteiger partial charge in [-0.1, -0.05) is 23.4 Å². The molecule has 0 fully saturated rings. The molecule has 32 heavy (non-hydrogen) atoms. The molecule has 2 bridgehead atoms. The summed E-state index contributed by atoms with van der Waals surface area (Å²) in [5, 5.41) is 6.76. The number of carbonyl (C=O) groups is 1. The molecule has 1 amide bonds. The Morgan fingerprint density at radius 2 is 2.03 bits per heavy atom. The van der Waals surface area contributed by atoms with Crippen LogP contribution in [0.2, 0.25) is 0 Å². The number of nitrogens with zero attached hydrogens (tertiary/aromatic N) is 3. The Balaban J connectivity index is 0.000000193. The molecule has 0 atom stereocenters. The van der Waals surface area contributed by atoms with E-state index < -0.39 is 6.30 Å². The largest absolute Gasteiger partial charge is 0.484 e. The van der Waals surface area contributed by atoms with Crippen LogP contribution in [0.3, 0.4) is 0 Å². The van der Waals surface area contributed by atoms with E-state index in [2.05, 4.69) is 10.5 Å². The van der Waals surface area contributed by atoms with Crippen molar-refractivity contribution in [3.05, 3.63) is 53.6 Å². The lowest BCUT2D eigenvalue weighted by Crippen LogP contribution is -2.36. The van der Waals surface area contributed by atoms with Crippen LogP contribution in [-0.4, -0.2) is 62.9 Å². The maximum atomic E-state index is 12.4. The lowest BCUT2D eigenvalue weighted by molar-refractivity contribution is -0.128. The summed E-state index contributed by atoms with van der Waals surface area (Å²) in [4.78, 5) is 20.1. The lowest BCUT2D eigenvalue weighted by atomic mass is 10.2. The SMILES string of the molecule is CN(C)CCON=Cc1cc2cc(c1)SCC(=O)N2.FC(F)(F)N1CCc2ccccc21. The molecule has 0 radical (unpaired) electrons. The Labute approximate surface area is 189 Å². The summed E-state index contributed by atoms with van der Waals surface area (Å²) >= 11 is 1.52. The van der Waals surface area contributed by atoms with Gasteiger partial charge in [-0.25, -0.2) is 0 Å². The van der Waals surface area contributed by atoms with E-state index in [1.807, 2.05) is 37.2 Å². The number of alkyl halides is 3. The normalized spacial score (nSPS) is 15.2. The summed E-state index contributed by atoms with van der Waals surface area (Å²) in [7, 11) is 3.97. The van der Waals surface area contributed by atoms with Gasteiger partial charge in [0, 0.05) is 29.4 Å². The van der Waals surface area contributed by atoms with Crippen molar-refractivity contribution in [2.45, 2.75) is 17.6 Å². The molecule has 2 aromatic rings. The quantitative estimate of drug-likeness (QED) is 0.310. The number of rotatable bonds is 5. The Morgan fingerprint density at radius 3 is 2.78 bits per heavy atom. The van der Waals surface area contributed by atoms with Crippen LogP contribution >= 0.6 is 11.8 Å². The fourth-order valence-corrected chi connectivity index (χ4v) is 3.97. The Hall–Kier alpha value is -2.72. The number of hydrogen-bond acceptors (Lipinski definition) is 6. The van der Waals surface area contributed by atoms with Crippen LogP contribution in [0.15, 0.2) is 52.5 Å². The van der Waals surface area contributed by atoms with Gasteiger partial charge in [-0.15, -0.1) is 11.8 Å². The summed E-state index contributed by atoms with van der Waals surface area (Å²) in [5.74, 6) is 0.472. The zero-order valence-corrected chi connectivity index (χ0v) is 18.7. The predicted octanol–water partition coefficient (Wildman–Crippen LogP) is 4.21. The van der Waals surface area contributed by atoms with Crippen molar-refractivity contribution in [3.63, 3.8) is 0 Å². The molecule has 2 aliphatic rings. The first-order valence-electron chi connectivity index (χ1n) is 10.0. The Kier molecular flexibility index (Phi) is 8.03. The fourth-order valence-electron chi connectivity index (χ4n) is 3.17. The molecule has 6 nitrogen and oxygen atoms in total. The van der Waals surface area contributed by atoms with Crippen LogP contribution in [0.4, 0.5) is 24.5 Å². The molecular formula is C22H25F3N4O2S. The van der Waals surface area contributed by atoms with Gasteiger partial charge in [-0.2, -0.15) is 13.2 Å². The minimum Gasteiger partial charge on any atom is -0.394 e. The van der Waals surface area contributed by atoms with Gasteiger partial charge in [0.25, 0.3) is 0 Å². The summed E-state index contributed by atoms with van der Waals surface area (Å²) in [5.41, 5.74) is 2.81. The molecule has 1 N–H and O–H groups in total. The van der Waals surface area contributed by atoms with Crippen LogP contribution in [0.1, 0.15) is 11.1 Å². The molecule has 4 rings (SSSR count). The van der Waals surface area contributed by atoms with Gasteiger partial charge in [0.15, 0.2) is 0 Å². The van der Waals surface area contributed by atoms with E-state index in [4.69, 9.17) is 4.84 Å².